The molecule has 3 nitrogen and oxygen atoms in total. The van der Waals surface area contributed by atoms with Gasteiger partial charge in [0, 0.05) is 11.9 Å². The number of aryl methyl sites for hydroxylation is 1. The fourth-order valence-electron chi connectivity index (χ4n) is 1.94. The molecule has 2 aromatic rings. The highest BCUT2D eigenvalue weighted by molar-refractivity contribution is 9.10. The zero-order valence-corrected chi connectivity index (χ0v) is 11.5. The van der Waals surface area contributed by atoms with Crippen LogP contribution in [-0.2, 0) is 6.42 Å². The van der Waals surface area contributed by atoms with E-state index in [1.807, 2.05) is 17.5 Å². The minimum absolute atomic E-state index is 0.664. The molecule has 1 aromatic heterocycles. The average Bonchev–Trinajstić information content (AvgIpc) is 2.75. The average molecular weight is 311 g/mol. The normalized spacial score (nSPS) is 13.9. The quantitative estimate of drug-likeness (QED) is 0.908. The molecule has 0 saturated heterocycles. The molecule has 0 aliphatic carbocycles. The molecule has 0 fully saturated rings. The van der Waals surface area contributed by atoms with E-state index < -0.39 is 0 Å². The van der Waals surface area contributed by atoms with E-state index >= 15 is 0 Å². The monoisotopic (exact) mass is 310 g/mol. The fraction of sp³-hybridized carbons (Fsp3) is 0.250. The number of rotatable bonds is 2. The summed E-state index contributed by atoms with van der Waals surface area (Å²) in [7, 11) is 0. The number of thiazole rings is 1. The van der Waals surface area contributed by atoms with Crippen LogP contribution in [0.25, 0.3) is 0 Å². The number of nitrogens with zero attached hydrogens (tertiary/aromatic N) is 1. The Labute approximate surface area is 112 Å². The van der Waals surface area contributed by atoms with Crippen molar-refractivity contribution >= 4 is 33.0 Å². The zero-order chi connectivity index (χ0) is 11.7. The lowest BCUT2D eigenvalue weighted by Crippen LogP contribution is -2.12. The Kier molecular flexibility index (Phi) is 3.03. The molecule has 2 heterocycles. The highest BCUT2D eigenvalue weighted by atomic mass is 79.9. The first-order valence-corrected chi connectivity index (χ1v) is 7.15. The predicted molar refractivity (Wildman–Crippen MR) is 73.1 cm³/mol. The number of nitrogens with one attached hydrogen (secondary N) is 1. The highest BCUT2D eigenvalue weighted by Gasteiger charge is 2.14. The third-order valence-electron chi connectivity index (χ3n) is 2.69. The Balaban J connectivity index is 1.92. The summed E-state index contributed by atoms with van der Waals surface area (Å²) in [6, 6.07) is 6.16. The SMILES string of the molecule is Brc1csc(Oc2cccc3c2NCCC3)n1. The first-order valence-electron chi connectivity index (χ1n) is 5.47. The molecule has 0 bridgehead atoms. The lowest BCUT2D eigenvalue weighted by molar-refractivity contribution is 0.478. The van der Waals surface area contributed by atoms with Crippen LogP contribution in [0.2, 0.25) is 0 Å². The van der Waals surface area contributed by atoms with Crippen molar-refractivity contribution in [3.8, 4) is 10.9 Å². The number of ether oxygens (including phenoxy) is 1. The van der Waals surface area contributed by atoms with Crippen molar-refractivity contribution in [3.05, 3.63) is 33.7 Å². The van der Waals surface area contributed by atoms with Crippen LogP contribution in [0, 0.1) is 0 Å². The van der Waals surface area contributed by atoms with E-state index in [9.17, 15) is 0 Å². The van der Waals surface area contributed by atoms with Crippen molar-refractivity contribution in [2.75, 3.05) is 11.9 Å². The molecule has 0 saturated carbocycles. The molecule has 0 amide bonds. The fourth-order valence-corrected chi connectivity index (χ4v) is 3.04. The Morgan fingerprint density at radius 3 is 3.18 bits per heavy atom. The van der Waals surface area contributed by atoms with E-state index in [1.54, 1.807) is 0 Å². The minimum atomic E-state index is 0.664. The second-order valence-corrected chi connectivity index (χ2v) is 5.49. The number of hydrogen-bond acceptors (Lipinski definition) is 4. The summed E-state index contributed by atoms with van der Waals surface area (Å²) in [6.07, 6.45) is 2.29. The molecule has 0 atom stereocenters. The van der Waals surface area contributed by atoms with E-state index in [2.05, 4.69) is 32.3 Å². The van der Waals surface area contributed by atoms with Gasteiger partial charge in [0.05, 0.1) is 5.69 Å². The van der Waals surface area contributed by atoms with Gasteiger partial charge in [0.1, 0.15) is 4.60 Å². The molecule has 0 spiro atoms. The van der Waals surface area contributed by atoms with E-state index in [-0.39, 0.29) is 0 Å². The van der Waals surface area contributed by atoms with Crippen LogP contribution in [-0.4, -0.2) is 11.5 Å². The number of benzene rings is 1. The van der Waals surface area contributed by atoms with Gasteiger partial charge >= 0.3 is 0 Å². The largest absolute Gasteiger partial charge is 0.429 e. The summed E-state index contributed by atoms with van der Waals surface area (Å²) in [5.74, 6) is 0.865. The topological polar surface area (TPSA) is 34.1 Å². The van der Waals surface area contributed by atoms with Crippen molar-refractivity contribution in [2.45, 2.75) is 12.8 Å². The van der Waals surface area contributed by atoms with Gasteiger partial charge in [0.2, 0.25) is 0 Å². The third kappa shape index (κ3) is 2.30. The van der Waals surface area contributed by atoms with Gasteiger partial charge < -0.3 is 10.1 Å². The Hall–Kier alpha value is -1.07. The van der Waals surface area contributed by atoms with Gasteiger partial charge in [-0.1, -0.05) is 23.5 Å². The molecule has 3 rings (SSSR count). The highest BCUT2D eigenvalue weighted by Crippen LogP contribution is 2.36. The summed E-state index contributed by atoms with van der Waals surface area (Å²) in [5.41, 5.74) is 2.44. The zero-order valence-electron chi connectivity index (χ0n) is 9.07. The van der Waals surface area contributed by atoms with Crippen LogP contribution in [0.4, 0.5) is 5.69 Å². The minimum Gasteiger partial charge on any atom is -0.429 e. The van der Waals surface area contributed by atoms with Crippen LogP contribution in [0.1, 0.15) is 12.0 Å². The number of halogens is 1. The second kappa shape index (κ2) is 4.66. The number of aromatic nitrogens is 1. The van der Waals surface area contributed by atoms with Crippen molar-refractivity contribution in [2.24, 2.45) is 0 Å². The maximum absolute atomic E-state index is 5.81. The Bertz CT molecular complexity index is 541. The Morgan fingerprint density at radius 2 is 2.35 bits per heavy atom. The summed E-state index contributed by atoms with van der Waals surface area (Å²) < 4.78 is 6.63. The van der Waals surface area contributed by atoms with Gasteiger partial charge in [-0.3, -0.25) is 0 Å². The smallest absolute Gasteiger partial charge is 0.279 e. The number of fused-ring (bicyclic) bond motifs is 1. The lowest BCUT2D eigenvalue weighted by Gasteiger charge is -2.20. The molecule has 0 unspecified atom stereocenters. The molecule has 1 aromatic carbocycles. The number of hydrogen-bond donors (Lipinski definition) is 1. The van der Waals surface area contributed by atoms with Crippen molar-refractivity contribution in [3.63, 3.8) is 0 Å². The van der Waals surface area contributed by atoms with Gasteiger partial charge in [-0.25, -0.2) is 0 Å². The molecule has 1 N–H and O–H groups in total. The van der Waals surface area contributed by atoms with Crippen LogP contribution < -0.4 is 10.1 Å². The molecule has 0 radical (unpaired) electrons. The van der Waals surface area contributed by atoms with Gasteiger partial charge in [-0.15, -0.1) is 0 Å². The van der Waals surface area contributed by atoms with Crippen LogP contribution in [0.5, 0.6) is 10.9 Å². The molecular weight excluding hydrogens is 300 g/mol. The standard InChI is InChI=1S/C12H11BrN2OS/c13-10-7-17-12(15-10)16-9-5-1-3-8-4-2-6-14-11(8)9/h1,3,5,7,14H,2,4,6H2. The molecular formula is C12H11BrN2OS. The van der Waals surface area contributed by atoms with Crippen molar-refractivity contribution < 1.29 is 4.74 Å². The van der Waals surface area contributed by atoms with Gasteiger partial charge in [0.15, 0.2) is 5.75 Å². The van der Waals surface area contributed by atoms with Gasteiger partial charge in [-0.2, -0.15) is 4.98 Å². The van der Waals surface area contributed by atoms with Gasteiger partial charge in [0.25, 0.3) is 5.19 Å². The molecule has 88 valence electrons. The number of anilines is 1. The van der Waals surface area contributed by atoms with E-state index in [0.717, 1.165) is 29.0 Å². The summed E-state index contributed by atoms with van der Waals surface area (Å²) >= 11 is 4.81. The first-order chi connectivity index (χ1) is 8.33. The third-order valence-corrected chi connectivity index (χ3v) is 4.12. The van der Waals surface area contributed by atoms with Crippen molar-refractivity contribution in [1.29, 1.82) is 0 Å². The van der Waals surface area contributed by atoms with E-state index in [1.165, 1.54) is 23.3 Å². The summed E-state index contributed by atoms with van der Waals surface area (Å²) in [5, 5.41) is 5.98. The van der Waals surface area contributed by atoms with Crippen LogP contribution >= 0.6 is 27.3 Å². The van der Waals surface area contributed by atoms with Crippen LogP contribution in [0.15, 0.2) is 28.2 Å². The second-order valence-electron chi connectivity index (χ2n) is 3.86. The molecule has 17 heavy (non-hydrogen) atoms. The van der Waals surface area contributed by atoms with E-state index in [0.29, 0.717) is 5.19 Å². The summed E-state index contributed by atoms with van der Waals surface area (Å²) in [4.78, 5) is 4.24. The lowest BCUT2D eigenvalue weighted by atomic mass is 10.0. The van der Waals surface area contributed by atoms with Crippen molar-refractivity contribution in [1.82, 2.24) is 4.98 Å². The molecule has 5 heteroatoms. The maximum Gasteiger partial charge on any atom is 0.279 e. The van der Waals surface area contributed by atoms with Gasteiger partial charge in [-0.05, 0) is 40.4 Å². The Morgan fingerprint density at radius 1 is 1.41 bits per heavy atom. The van der Waals surface area contributed by atoms with Crippen LogP contribution in [0.3, 0.4) is 0 Å². The molecule has 1 aliphatic heterocycles. The summed E-state index contributed by atoms with van der Waals surface area (Å²) in [6.45, 7) is 1.01. The molecule has 1 aliphatic rings. The predicted octanol–water partition coefficient (Wildman–Crippen LogP) is 4.06. The first kappa shape index (κ1) is 11.0. The van der Waals surface area contributed by atoms with E-state index in [4.69, 9.17) is 4.74 Å². The maximum atomic E-state index is 5.81. The number of para-hydroxylation sites is 1.